The van der Waals surface area contributed by atoms with Crippen molar-refractivity contribution in [2.24, 2.45) is 11.7 Å². The molecule has 2 atom stereocenters. The molecule has 3 rings (SSSR count). The van der Waals surface area contributed by atoms with E-state index in [1.165, 1.54) is 6.42 Å². The number of ketones is 1. The minimum Gasteiger partial charge on any atom is -0.453 e. The second kappa shape index (κ2) is 5.41. The summed E-state index contributed by atoms with van der Waals surface area (Å²) in [5, 5.41) is 0.996. The normalized spacial score (nSPS) is 23.7. The zero-order valence-electron chi connectivity index (χ0n) is 11.9. The predicted octanol–water partition coefficient (Wildman–Crippen LogP) is 3.83. The van der Waals surface area contributed by atoms with Crippen LogP contribution in [0.2, 0.25) is 0 Å². The van der Waals surface area contributed by atoms with Gasteiger partial charge >= 0.3 is 0 Å². The van der Waals surface area contributed by atoms with Crippen molar-refractivity contribution >= 4 is 16.8 Å². The molecular weight excluding hydrogens is 250 g/mol. The molecule has 0 amide bonds. The molecule has 1 heterocycles. The van der Waals surface area contributed by atoms with Gasteiger partial charge < -0.3 is 10.2 Å². The van der Waals surface area contributed by atoms with Crippen molar-refractivity contribution in [3.8, 4) is 0 Å². The molecule has 2 N–H and O–H groups in total. The van der Waals surface area contributed by atoms with Gasteiger partial charge in [0.15, 0.2) is 5.76 Å². The first-order valence-corrected chi connectivity index (χ1v) is 7.46. The first kappa shape index (κ1) is 13.4. The maximum absolute atomic E-state index is 12.7. The Morgan fingerprint density at radius 1 is 1.25 bits per heavy atom. The highest BCUT2D eigenvalue weighted by Gasteiger charge is 2.29. The molecule has 0 saturated heterocycles. The highest BCUT2D eigenvalue weighted by molar-refractivity contribution is 5.99. The van der Waals surface area contributed by atoms with Crippen molar-refractivity contribution in [2.75, 3.05) is 0 Å². The predicted molar refractivity (Wildman–Crippen MR) is 79.8 cm³/mol. The number of carbonyl (C=O) groups is 1. The molecule has 1 saturated carbocycles. The third kappa shape index (κ3) is 2.38. The van der Waals surface area contributed by atoms with Crippen molar-refractivity contribution in [3.05, 3.63) is 35.6 Å². The molecule has 2 aromatic rings. The van der Waals surface area contributed by atoms with Gasteiger partial charge in [-0.25, -0.2) is 0 Å². The Morgan fingerprint density at radius 2 is 2.05 bits per heavy atom. The number of hydrogen-bond acceptors (Lipinski definition) is 3. The summed E-state index contributed by atoms with van der Waals surface area (Å²) in [5.74, 6) is 0.463. The van der Waals surface area contributed by atoms with Crippen molar-refractivity contribution in [2.45, 2.75) is 45.1 Å². The lowest BCUT2D eigenvalue weighted by Crippen LogP contribution is -2.34. The average Bonchev–Trinajstić information content (AvgIpc) is 2.76. The van der Waals surface area contributed by atoms with Gasteiger partial charge in [0.2, 0.25) is 5.78 Å². The molecule has 106 valence electrons. The molecule has 0 bridgehead atoms. The van der Waals surface area contributed by atoms with Crippen molar-refractivity contribution in [1.29, 1.82) is 0 Å². The van der Waals surface area contributed by atoms with Crippen molar-refractivity contribution in [3.63, 3.8) is 0 Å². The van der Waals surface area contributed by atoms with E-state index in [0.29, 0.717) is 5.76 Å². The molecule has 0 aliphatic heterocycles. The highest BCUT2D eigenvalue weighted by atomic mass is 16.3. The van der Waals surface area contributed by atoms with Crippen LogP contribution in [-0.4, -0.2) is 11.8 Å². The van der Waals surface area contributed by atoms with Crippen LogP contribution in [0.25, 0.3) is 11.0 Å². The second-order valence-electron chi connectivity index (χ2n) is 5.88. The topological polar surface area (TPSA) is 56.2 Å². The Hall–Kier alpha value is -1.61. The van der Waals surface area contributed by atoms with Gasteiger partial charge in [0, 0.05) is 17.3 Å². The Labute approximate surface area is 119 Å². The van der Waals surface area contributed by atoms with E-state index >= 15 is 0 Å². The van der Waals surface area contributed by atoms with Crippen LogP contribution >= 0.6 is 0 Å². The van der Waals surface area contributed by atoms with Crippen LogP contribution in [0.5, 0.6) is 0 Å². The van der Waals surface area contributed by atoms with Crippen LogP contribution in [0.1, 0.15) is 48.2 Å². The minimum atomic E-state index is -0.0848. The molecule has 2 unspecified atom stereocenters. The number of benzene rings is 1. The van der Waals surface area contributed by atoms with Crippen LogP contribution in [0.4, 0.5) is 0 Å². The number of furan rings is 1. The third-order valence-corrected chi connectivity index (χ3v) is 4.39. The average molecular weight is 271 g/mol. The molecule has 1 fully saturated rings. The molecule has 3 heteroatoms. The number of Topliss-reactive ketones (excluding diaryl/α,β-unsaturated/α-hetero) is 1. The van der Waals surface area contributed by atoms with Gasteiger partial charge in [-0.15, -0.1) is 0 Å². The largest absolute Gasteiger partial charge is 0.453 e. The van der Waals surface area contributed by atoms with E-state index in [2.05, 4.69) is 0 Å². The first-order valence-electron chi connectivity index (χ1n) is 7.46. The monoisotopic (exact) mass is 271 g/mol. The fraction of sp³-hybridized carbons (Fsp3) is 0.471. The number of nitrogens with two attached hydrogens (primary N) is 1. The number of para-hydroxylation sites is 1. The number of aryl methyl sites for hydroxylation is 1. The van der Waals surface area contributed by atoms with Crippen LogP contribution in [0.15, 0.2) is 28.7 Å². The van der Waals surface area contributed by atoms with Crippen LogP contribution < -0.4 is 5.73 Å². The lowest BCUT2D eigenvalue weighted by atomic mass is 9.90. The maximum atomic E-state index is 12.7. The van der Waals surface area contributed by atoms with Gasteiger partial charge in [0.1, 0.15) is 5.58 Å². The zero-order chi connectivity index (χ0) is 14.1. The SMILES string of the molecule is Cc1cccc2cc(C(=O)C3CCCCCC3N)oc12. The van der Waals surface area contributed by atoms with Gasteiger partial charge in [-0.1, -0.05) is 37.5 Å². The fourth-order valence-corrected chi connectivity index (χ4v) is 3.17. The smallest absolute Gasteiger partial charge is 0.202 e. The molecular formula is C17H21NO2. The van der Waals surface area contributed by atoms with Gasteiger partial charge in [-0.3, -0.25) is 4.79 Å². The van der Waals surface area contributed by atoms with E-state index in [0.717, 1.165) is 42.2 Å². The summed E-state index contributed by atoms with van der Waals surface area (Å²) in [6.45, 7) is 2.00. The van der Waals surface area contributed by atoms with Crippen LogP contribution in [-0.2, 0) is 0 Å². The van der Waals surface area contributed by atoms with Crippen molar-refractivity contribution in [1.82, 2.24) is 0 Å². The Balaban J connectivity index is 1.93. The zero-order valence-corrected chi connectivity index (χ0v) is 11.9. The summed E-state index contributed by atoms with van der Waals surface area (Å²) in [7, 11) is 0. The Bertz CT molecular complexity index is 629. The number of fused-ring (bicyclic) bond motifs is 1. The van der Waals surface area contributed by atoms with E-state index < -0.39 is 0 Å². The molecule has 0 radical (unpaired) electrons. The summed E-state index contributed by atoms with van der Waals surface area (Å²) < 4.78 is 5.80. The van der Waals surface area contributed by atoms with Crippen molar-refractivity contribution < 1.29 is 9.21 Å². The van der Waals surface area contributed by atoms with E-state index in [4.69, 9.17) is 10.2 Å². The molecule has 1 aliphatic carbocycles. The third-order valence-electron chi connectivity index (χ3n) is 4.39. The number of rotatable bonds is 2. The summed E-state index contributed by atoms with van der Waals surface area (Å²) in [6.07, 6.45) is 5.22. The standard InChI is InChI=1S/C17H21NO2/c1-11-6-5-7-12-10-15(20-17(11)12)16(19)13-8-3-2-4-9-14(13)18/h5-7,10,13-14H,2-4,8-9,18H2,1H3. The number of carbonyl (C=O) groups excluding carboxylic acids is 1. The van der Waals surface area contributed by atoms with E-state index in [9.17, 15) is 4.79 Å². The van der Waals surface area contributed by atoms with Gasteiger partial charge in [0.05, 0.1) is 0 Å². The lowest BCUT2D eigenvalue weighted by molar-refractivity contribution is 0.0868. The number of hydrogen-bond donors (Lipinski definition) is 1. The molecule has 1 aromatic carbocycles. The maximum Gasteiger partial charge on any atom is 0.202 e. The lowest BCUT2D eigenvalue weighted by Gasteiger charge is -2.18. The summed E-state index contributed by atoms with van der Waals surface area (Å²) in [6, 6.07) is 7.80. The Morgan fingerprint density at radius 3 is 2.85 bits per heavy atom. The Kier molecular flexibility index (Phi) is 3.62. The van der Waals surface area contributed by atoms with Gasteiger partial charge in [-0.05, 0) is 31.4 Å². The fourth-order valence-electron chi connectivity index (χ4n) is 3.17. The molecule has 1 aromatic heterocycles. The second-order valence-corrected chi connectivity index (χ2v) is 5.88. The van der Waals surface area contributed by atoms with E-state index in [1.54, 1.807) is 0 Å². The summed E-state index contributed by atoms with van der Waals surface area (Å²) in [5.41, 5.74) is 8.06. The van der Waals surface area contributed by atoms with Crippen LogP contribution in [0.3, 0.4) is 0 Å². The quantitative estimate of drug-likeness (QED) is 0.667. The molecule has 1 aliphatic rings. The van der Waals surface area contributed by atoms with E-state index in [-0.39, 0.29) is 17.7 Å². The molecule has 3 nitrogen and oxygen atoms in total. The van der Waals surface area contributed by atoms with Crippen LogP contribution in [0, 0.1) is 12.8 Å². The summed E-state index contributed by atoms with van der Waals surface area (Å²) in [4.78, 5) is 12.7. The molecule has 20 heavy (non-hydrogen) atoms. The minimum absolute atomic E-state index is 0.0284. The van der Waals surface area contributed by atoms with E-state index in [1.807, 2.05) is 31.2 Å². The van der Waals surface area contributed by atoms with Gasteiger partial charge in [-0.2, -0.15) is 0 Å². The highest BCUT2D eigenvalue weighted by Crippen LogP contribution is 2.29. The summed E-state index contributed by atoms with van der Waals surface area (Å²) >= 11 is 0. The van der Waals surface area contributed by atoms with Gasteiger partial charge in [0.25, 0.3) is 0 Å². The first-order chi connectivity index (χ1) is 9.66. The molecule has 0 spiro atoms.